The van der Waals surface area contributed by atoms with Crippen LogP contribution in [0.5, 0.6) is 0 Å². The third-order valence-corrected chi connectivity index (χ3v) is 2.48. The van der Waals surface area contributed by atoms with Crippen LogP contribution in [0.2, 0.25) is 0 Å². The Bertz CT molecular complexity index is 175. The van der Waals surface area contributed by atoms with Gasteiger partial charge in [0.05, 0.1) is 52.9 Å². The minimum atomic E-state index is -0.828. The first-order valence-electron chi connectivity index (χ1n) is 6.61. The summed E-state index contributed by atoms with van der Waals surface area (Å²) in [5.74, 6) is 0. The van der Waals surface area contributed by atoms with E-state index in [0.717, 1.165) is 0 Å². The van der Waals surface area contributed by atoms with Crippen molar-refractivity contribution < 1.29 is 39.4 Å². The molecule has 20 heavy (non-hydrogen) atoms. The van der Waals surface area contributed by atoms with Crippen molar-refractivity contribution in [2.45, 2.75) is 24.4 Å². The third kappa shape index (κ3) is 8.77. The monoisotopic (exact) mass is 296 g/mol. The normalized spacial score (nSPS) is 36.6. The van der Waals surface area contributed by atoms with Gasteiger partial charge >= 0.3 is 0 Å². The van der Waals surface area contributed by atoms with Gasteiger partial charge in [-0.1, -0.05) is 0 Å². The number of rotatable bonds is 0. The zero-order chi connectivity index (χ0) is 14.8. The summed E-state index contributed by atoms with van der Waals surface area (Å²) in [4.78, 5) is 0. The van der Waals surface area contributed by atoms with E-state index in [2.05, 4.69) is 0 Å². The van der Waals surface area contributed by atoms with Crippen LogP contribution in [0.1, 0.15) is 0 Å². The van der Waals surface area contributed by atoms with Crippen LogP contribution in [0.15, 0.2) is 0 Å². The van der Waals surface area contributed by atoms with Crippen molar-refractivity contribution in [2.75, 3.05) is 52.9 Å². The number of aliphatic hydroxyl groups excluding tert-OH is 4. The summed E-state index contributed by atoms with van der Waals surface area (Å²) in [5, 5.41) is 38.1. The Hall–Kier alpha value is -0.320. The lowest BCUT2D eigenvalue weighted by Crippen LogP contribution is -2.32. The molecule has 0 aliphatic carbocycles. The number of hydrogen-bond acceptors (Lipinski definition) is 8. The number of aliphatic hydroxyl groups is 4. The van der Waals surface area contributed by atoms with Crippen molar-refractivity contribution in [2.24, 2.45) is 0 Å². The van der Waals surface area contributed by atoms with E-state index < -0.39 is 24.4 Å². The smallest absolute Gasteiger partial charge is 0.101 e. The number of hydrogen-bond donors (Lipinski definition) is 4. The second-order valence-corrected chi connectivity index (χ2v) is 4.77. The van der Waals surface area contributed by atoms with Gasteiger partial charge in [-0.25, -0.2) is 0 Å². The highest BCUT2D eigenvalue weighted by Gasteiger charge is 2.13. The molecule has 0 aromatic rings. The molecule has 0 spiro atoms. The van der Waals surface area contributed by atoms with Gasteiger partial charge in [0.25, 0.3) is 0 Å². The Kier molecular flexibility index (Phi) is 9.23. The Balaban J connectivity index is 2.34. The Morgan fingerprint density at radius 1 is 0.400 bits per heavy atom. The summed E-state index contributed by atoms with van der Waals surface area (Å²) in [6.45, 7) is 0.161. The fraction of sp³-hybridized carbons (Fsp3) is 1.00. The predicted octanol–water partition coefficient (Wildman–Crippen LogP) is -2.49. The van der Waals surface area contributed by atoms with Crippen LogP contribution in [0.4, 0.5) is 0 Å². The second kappa shape index (κ2) is 10.4. The summed E-state index contributed by atoms with van der Waals surface area (Å²) in [6.07, 6.45) is -3.31. The molecule has 0 aromatic carbocycles. The van der Waals surface area contributed by atoms with Gasteiger partial charge in [-0.15, -0.1) is 0 Å². The minimum Gasteiger partial charge on any atom is -0.388 e. The molecule has 0 saturated carbocycles. The summed E-state index contributed by atoms with van der Waals surface area (Å²) >= 11 is 0. The molecule has 4 N–H and O–H groups in total. The lowest BCUT2D eigenvalue weighted by atomic mass is 10.3. The molecular weight excluding hydrogens is 272 g/mol. The van der Waals surface area contributed by atoms with Crippen LogP contribution in [-0.4, -0.2) is 97.7 Å². The zero-order valence-electron chi connectivity index (χ0n) is 11.4. The van der Waals surface area contributed by atoms with Gasteiger partial charge in [0, 0.05) is 0 Å². The van der Waals surface area contributed by atoms with Crippen molar-refractivity contribution in [1.29, 1.82) is 0 Å². The fourth-order valence-corrected chi connectivity index (χ4v) is 1.55. The van der Waals surface area contributed by atoms with E-state index in [0.29, 0.717) is 0 Å². The van der Waals surface area contributed by atoms with Gasteiger partial charge in [-0.05, 0) is 0 Å². The van der Waals surface area contributed by atoms with Gasteiger partial charge in [-0.2, -0.15) is 0 Å². The SMILES string of the molecule is OC1COCC(O)COCC(O)COCC(O)COC1. The van der Waals surface area contributed by atoms with E-state index in [1.165, 1.54) is 0 Å². The van der Waals surface area contributed by atoms with Crippen molar-refractivity contribution in [3.8, 4) is 0 Å². The molecule has 0 aromatic heterocycles. The van der Waals surface area contributed by atoms with Crippen LogP contribution < -0.4 is 0 Å². The van der Waals surface area contributed by atoms with Gasteiger partial charge in [0.15, 0.2) is 0 Å². The maximum Gasteiger partial charge on any atom is 0.101 e. The van der Waals surface area contributed by atoms with Gasteiger partial charge in [0.2, 0.25) is 0 Å². The van der Waals surface area contributed by atoms with Gasteiger partial charge < -0.3 is 39.4 Å². The largest absolute Gasteiger partial charge is 0.388 e. The standard InChI is InChI=1S/C12H24O8/c13-9-1-17-3-10(14)4-19-7-12(16)8-20-6-11(15)5-18-2-9/h9-16H,1-8H2. The molecule has 0 atom stereocenters. The number of ether oxygens (including phenoxy) is 4. The Labute approximate surface area is 117 Å². The summed E-state index contributed by atoms with van der Waals surface area (Å²) in [7, 11) is 0. The molecule has 0 radical (unpaired) electrons. The molecule has 0 bridgehead atoms. The van der Waals surface area contributed by atoms with E-state index >= 15 is 0 Å². The molecule has 8 heteroatoms. The van der Waals surface area contributed by atoms with Gasteiger partial charge in [-0.3, -0.25) is 0 Å². The van der Waals surface area contributed by atoms with Crippen molar-refractivity contribution in [1.82, 2.24) is 0 Å². The van der Waals surface area contributed by atoms with Crippen LogP contribution in [0.3, 0.4) is 0 Å². The lowest BCUT2D eigenvalue weighted by molar-refractivity contribution is -0.0935. The van der Waals surface area contributed by atoms with E-state index in [-0.39, 0.29) is 52.9 Å². The highest BCUT2D eigenvalue weighted by Crippen LogP contribution is 1.97. The summed E-state index contributed by atoms with van der Waals surface area (Å²) < 4.78 is 20.4. The average Bonchev–Trinajstić information content (AvgIpc) is 2.37. The van der Waals surface area contributed by atoms with Crippen LogP contribution in [-0.2, 0) is 18.9 Å². The highest BCUT2D eigenvalue weighted by molar-refractivity contribution is 4.60. The van der Waals surface area contributed by atoms with Crippen LogP contribution in [0, 0.1) is 0 Å². The molecule has 1 fully saturated rings. The quantitative estimate of drug-likeness (QED) is 0.388. The molecule has 8 nitrogen and oxygen atoms in total. The molecule has 1 aliphatic rings. The fourth-order valence-electron chi connectivity index (χ4n) is 1.55. The molecule has 1 heterocycles. The average molecular weight is 296 g/mol. The maximum atomic E-state index is 9.52. The first-order chi connectivity index (χ1) is 9.58. The van der Waals surface area contributed by atoms with E-state index in [1.54, 1.807) is 0 Å². The minimum absolute atomic E-state index is 0.0201. The predicted molar refractivity (Wildman–Crippen MR) is 67.3 cm³/mol. The third-order valence-electron chi connectivity index (χ3n) is 2.48. The van der Waals surface area contributed by atoms with E-state index in [9.17, 15) is 20.4 Å². The lowest BCUT2D eigenvalue weighted by Gasteiger charge is -2.18. The topological polar surface area (TPSA) is 118 Å². The van der Waals surface area contributed by atoms with Crippen LogP contribution >= 0.6 is 0 Å². The molecule has 120 valence electrons. The van der Waals surface area contributed by atoms with Crippen molar-refractivity contribution >= 4 is 0 Å². The van der Waals surface area contributed by atoms with Gasteiger partial charge in [0.1, 0.15) is 24.4 Å². The molecule has 0 unspecified atom stereocenters. The first kappa shape index (κ1) is 17.7. The summed E-state index contributed by atoms with van der Waals surface area (Å²) in [5.41, 5.74) is 0. The highest BCUT2D eigenvalue weighted by atomic mass is 16.5. The zero-order valence-corrected chi connectivity index (χ0v) is 11.4. The van der Waals surface area contributed by atoms with Crippen molar-refractivity contribution in [3.63, 3.8) is 0 Å². The molecule has 0 amide bonds. The first-order valence-corrected chi connectivity index (χ1v) is 6.61. The Morgan fingerprint density at radius 3 is 0.700 bits per heavy atom. The Morgan fingerprint density at radius 2 is 0.550 bits per heavy atom. The van der Waals surface area contributed by atoms with E-state index in [1.807, 2.05) is 0 Å². The summed E-state index contributed by atoms with van der Waals surface area (Å²) in [6, 6.07) is 0. The molecule has 1 aliphatic heterocycles. The molecule has 1 rings (SSSR count). The molecular formula is C12H24O8. The van der Waals surface area contributed by atoms with E-state index in [4.69, 9.17) is 18.9 Å². The molecule has 1 saturated heterocycles. The second-order valence-electron chi connectivity index (χ2n) is 4.77. The maximum absolute atomic E-state index is 9.52. The van der Waals surface area contributed by atoms with Crippen LogP contribution in [0.25, 0.3) is 0 Å². The van der Waals surface area contributed by atoms with Crippen molar-refractivity contribution in [3.05, 3.63) is 0 Å².